The molecule has 5 heterocycles. The van der Waals surface area contributed by atoms with Gasteiger partial charge < -0.3 is 15.3 Å². The first kappa shape index (κ1) is 23.6. The number of aliphatic hydroxyl groups is 1. The lowest BCUT2D eigenvalue weighted by molar-refractivity contribution is -0.0533. The first-order valence-corrected chi connectivity index (χ1v) is 12.5. The molecule has 190 valence electrons. The Morgan fingerprint density at radius 3 is 2.76 bits per heavy atom. The molecular formula is C25H26ClN9O2. The quantitative estimate of drug-likeness (QED) is 0.379. The SMILES string of the molecule is Cc1nc(N2CC3CC(C2)C3O)ccc1Cn1cc(C(=O)NCc2cc(Cl)ccc2-n2cnnn2)cn1. The predicted molar refractivity (Wildman–Crippen MR) is 135 cm³/mol. The van der Waals surface area contributed by atoms with E-state index in [1.807, 2.05) is 13.0 Å². The van der Waals surface area contributed by atoms with Crippen molar-refractivity contribution in [2.24, 2.45) is 11.8 Å². The van der Waals surface area contributed by atoms with E-state index in [4.69, 9.17) is 16.6 Å². The number of halogens is 1. The van der Waals surface area contributed by atoms with Gasteiger partial charge in [0, 0.05) is 48.4 Å². The van der Waals surface area contributed by atoms with Crippen molar-refractivity contribution in [1.82, 2.24) is 40.3 Å². The van der Waals surface area contributed by atoms with Crippen LogP contribution >= 0.6 is 11.6 Å². The van der Waals surface area contributed by atoms with E-state index in [2.05, 4.69) is 36.9 Å². The molecule has 0 spiro atoms. The molecule has 1 aromatic carbocycles. The maximum Gasteiger partial charge on any atom is 0.254 e. The summed E-state index contributed by atoms with van der Waals surface area (Å²) in [6.07, 6.45) is 5.73. The minimum Gasteiger partial charge on any atom is -0.392 e. The average molecular weight is 520 g/mol. The highest BCUT2D eigenvalue weighted by Gasteiger charge is 2.46. The number of amides is 1. The Morgan fingerprint density at radius 1 is 1.19 bits per heavy atom. The second-order valence-electron chi connectivity index (χ2n) is 9.70. The van der Waals surface area contributed by atoms with Crippen molar-refractivity contribution < 1.29 is 9.90 Å². The number of aromatic nitrogens is 7. The van der Waals surface area contributed by atoms with Gasteiger partial charge in [-0.3, -0.25) is 9.48 Å². The smallest absolute Gasteiger partial charge is 0.254 e. The maximum atomic E-state index is 12.8. The van der Waals surface area contributed by atoms with Crippen LogP contribution in [0.3, 0.4) is 0 Å². The van der Waals surface area contributed by atoms with Crippen LogP contribution in [0.25, 0.3) is 5.69 Å². The first-order valence-electron chi connectivity index (χ1n) is 12.2. The van der Waals surface area contributed by atoms with Crippen LogP contribution in [0.1, 0.15) is 33.6 Å². The fraction of sp³-hybridized carbons (Fsp3) is 0.360. The molecule has 2 atom stereocenters. The molecule has 2 unspecified atom stereocenters. The molecule has 37 heavy (non-hydrogen) atoms. The van der Waals surface area contributed by atoms with Gasteiger partial charge in [-0.2, -0.15) is 5.10 Å². The van der Waals surface area contributed by atoms with Crippen molar-refractivity contribution in [3.63, 3.8) is 0 Å². The molecule has 12 heteroatoms. The topological polar surface area (TPSA) is 127 Å². The maximum absolute atomic E-state index is 12.8. The van der Waals surface area contributed by atoms with E-state index in [1.165, 1.54) is 11.0 Å². The Morgan fingerprint density at radius 2 is 2.03 bits per heavy atom. The number of hydrogen-bond acceptors (Lipinski definition) is 8. The Balaban J connectivity index is 1.09. The van der Waals surface area contributed by atoms with Gasteiger partial charge in [-0.05, 0) is 59.2 Å². The van der Waals surface area contributed by atoms with Gasteiger partial charge in [0.2, 0.25) is 0 Å². The predicted octanol–water partition coefficient (Wildman–Crippen LogP) is 2.01. The van der Waals surface area contributed by atoms with Crippen molar-refractivity contribution in [3.8, 4) is 5.69 Å². The van der Waals surface area contributed by atoms with Crippen molar-refractivity contribution in [1.29, 1.82) is 0 Å². The minimum atomic E-state index is -0.245. The number of carbonyl (C=O) groups is 1. The molecule has 2 N–H and O–H groups in total. The number of piperidine rings is 2. The van der Waals surface area contributed by atoms with E-state index in [1.54, 1.807) is 35.3 Å². The summed E-state index contributed by atoms with van der Waals surface area (Å²) >= 11 is 6.17. The molecule has 1 amide bonds. The van der Waals surface area contributed by atoms with Crippen LogP contribution in [0.15, 0.2) is 49.1 Å². The molecule has 2 aliphatic heterocycles. The summed E-state index contributed by atoms with van der Waals surface area (Å²) in [5, 5.41) is 29.2. The number of fused-ring (bicyclic) bond motifs is 2. The Bertz CT molecular complexity index is 1430. The molecule has 1 saturated carbocycles. The number of tetrazole rings is 1. The van der Waals surface area contributed by atoms with Gasteiger partial charge in [-0.1, -0.05) is 17.7 Å². The third-order valence-corrected chi connectivity index (χ3v) is 7.53. The van der Waals surface area contributed by atoms with Crippen molar-refractivity contribution in [2.45, 2.75) is 32.5 Å². The molecule has 11 nitrogen and oxygen atoms in total. The van der Waals surface area contributed by atoms with Gasteiger partial charge >= 0.3 is 0 Å². The molecule has 3 fully saturated rings. The van der Waals surface area contributed by atoms with Gasteiger partial charge in [-0.15, -0.1) is 5.10 Å². The third kappa shape index (κ3) is 4.67. The van der Waals surface area contributed by atoms with Gasteiger partial charge in [0.05, 0.1) is 30.1 Å². The number of pyridine rings is 1. The number of aryl methyl sites for hydroxylation is 1. The molecule has 2 bridgehead atoms. The highest BCUT2D eigenvalue weighted by Crippen LogP contribution is 2.41. The summed E-state index contributed by atoms with van der Waals surface area (Å²) in [5.74, 6) is 1.42. The highest BCUT2D eigenvalue weighted by atomic mass is 35.5. The highest BCUT2D eigenvalue weighted by molar-refractivity contribution is 6.30. The number of nitrogens with zero attached hydrogens (tertiary/aromatic N) is 8. The zero-order chi connectivity index (χ0) is 25.5. The van der Waals surface area contributed by atoms with Gasteiger partial charge in [-0.25, -0.2) is 9.67 Å². The summed E-state index contributed by atoms with van der Waals surface area (Å²) in [7, 11) is 0. The molecular weight excluding hydrogens is 494 g/mol. The molecule has 4 aromatic rings. The van der Waals surface area contributed by atoms with Gasteiger partial charge in [0.15, 0.2) is 0 Å². The fourth-order valence-corrected chi connectivity index (χ4v) is 5.37. The van der Waals surface area contributed by atoms with E-state index in [-0.39, 0.29) is 18.6 Å². The van der Waals surface area contributed by atoms with Crippen molar-refractivity contribution >= 4 is 23.3 Å². The number of nitrogens with one attached hydrogen (secondary N) is 1. The lowest BCUT2D eigenvalue weighted by Crippen LogP contribution is -2.58. The Labute approximate surface area is 218 Å². The molecule has 1 aliphatic carbocycles. The van der Waals surface area contributed by atoms with Crippen LogP contribution in [0, 0.1) is 18.8 Å². The second kappa shape index (κ2) is 9.56. The molecule has 7 rings (SSSR count). The van der Waals surface area contributed by atoms with E-state index >= 15 is 0 Å². The molecule has 3 aromatic heterocycles. The van der Waals surface area contributed by atoms with Crippen LogP contribution in [-0.4, -0.2) is 65.2 Å². The van der Waals surface area contributed by atoms with Crippen LogP contribution in [-0.2, 0) is 13.1 Å². The summed E-state index contributed by atoms with van der Waals surface area (Å²) in [6.45, 7) is 4.46. The van der Waals surface area contributed by atoms with Gasteiger partial charge in [0.1, 0.15) is 12.1 Å². The summed E-state index contributed by atoms with van der Waals surface area (Å²) < 4.78 is 3.26. The fourth-order valence-electron chi connectivity index (χ4n) is 5.18. The number of hydrogen-bond donors (Lipinski definition) is 2. The van der Waals surface area contributed by atoms with Crippen LogP contribution in [0.5, 0.6) is 0 Å². The van der Waals surface area contributed by atoms with E-state index in [9.17, 15) is 9.90 Å². The summed E-state index contributed by atoms with van der Waals surface area (Å²) in [6, 6.07) is 9.42. The lowest BCUT2D eigenvalue weighted by Gasteiger charge is -2.51. The normalized spacial score (nSPS) is 20.5. The second-order valence-corrected chi connectivity index (χ2v) is 10.1. The number of rotatable bonds is 7. The summed E-state index contributed by atoms with van der Waals surface area (Å²) in [4.78, 5) is 19.9. The lowest BCUT2D eigenvalue weighted by atomic mass is 9.68. The van der Waals surface area contributed by atoms with Crippen molar-refractivity contribution in [2.75, 3.05) is 18.0 Å². The van der Waals surface area contributed by atoms with Gasteiger partial charge in [0.25, 0.3) is 5.91 Å². The first-order chi connectivity index (χ1) is 17.9. The summed E-state index contributed by atoms with van der Waals surface area (Å²) in [5.41, 5.74) is 3.93. The Kier molecular flexibility index (Phi) is 6.09. The van der Waals surface area contributed by atoms with Crippen LogP contribution < -0.4 is 10.2 Å². The third-order valence-electron chi connectivity index (χ3n) is 7.29. The van der Waals surface area contributed by atoms with Crippen molar-refractivity contribution in [3.05, 3.63) is 76.5 Å². The van der Waals surface area contributed by atoms with E-state index in [0.29, 0.717) is 29.0 Å². The zero-order valence-corrected chi connectivity index (χ0v) is 21.0. The molecule has 3 aliphatic rings. The average Bonchev–Trinajstić information content (AvgIpc) is 3.61. The van der Waals surface area contributed by atoms with E-state index < -0.39 is 0 Å². The monoisotopic (exact) mass is 519 g/mol. The largest absolute Gasteiger partial charge is 0.392 e. The zero-order valence-electron chi connectivity index (χ0n) is 20.2. The standard InChI is InChI=1S/C25H26ClN9O2/c1-15-16(2-5-23(30-15)33-10-18-6-19(11-33)24(18)36)12-34-13-20(9-29-34)25(37)27-8-17-7-21(26)3-4-22(17)35-14-28-31-32-35/h2-5,7,9,13-14,18-19,24,36H,6,8,10-12H2,1H3,(H,27,37). The van der Waals surface area contributed by atoms with Crippen LogP contribution in [0.4, 0.5) is 5.82 Å². The minimum absolute atomic E-state index is 0.152. The number of anilines is 1. The number of benzene rings is 1. The Hall–Kier alpha value is -3.83. The number of carbonyl (C=O) groups excluding carboxylic acids is 1. The van der Waals surface area contributed by atoms with Crippen LogP contribution in [0.2, 0.25) is 5.02 Å². The molecule has 0 radical (unpaired) electrons. The van der Waals surface area contributed by atoms with E-state index in [0.717, 1.165) is 47.8 Å². The molecule has 2 saturated heterocycles. The number of aliphatic hydroxyl groups excluding tert-OH is 1.